The molecular weight excluding hydrogens is 304 g/mol. The van der Waals surface area contributed by atoms with Gasteiger partial charge in [0.05, 0.1) is 12.2 Å². The molecule has 1 amide bonds. The maximum absolute atomic E-state index is 12.0. The molecule has 0 bridgehead atoms. The van der Waals surface area contributed by atoms with E-state index in [2.05, 4.69) is 15.1 Å². The van der Waals surface area contributed by atoms with Crippen LogP contribution in [0.15, 0.2) is 0 Å². The van der Waals surface area contributed by atoms with Crippen LogP contribution in [0.4, 0.5) is 0 Å². The molecule has 0 saturated carbocycles. The Morgan fingerprint density at radius 3 is 2.27 bits per heavy atom. The summed E-state index contributed by atoms with van der Waals surface area (Å²) in [6.07, 6.45) is 2.96. The van der Waals surface area contributed by atoms with E-state index in [1.807, 2.05) is 7.05 Å². The molecule has 128 valence electrons. The second-order valence-electron chi connectivity index (χ2n) is 6.46. The number of nitrogens with one attached hydrogen (secondary N) is 1. The second kappa shape index (κ2) is 7.25. The highest BCUT2D eigenvalue weighted by Gasteiger charge is 2.33. The summed E-state index contributed by atoms with van der Waals surface area (Å²) in [4.78, 5) is 16.6. The van der Waals surface area contributed by atoms with Gasteiger partial charge in [0.25, 0.3) is 0 Å². The Morgan fingerprint density at radius 2 is 1.73 bits per heavy atom. The van der Waals surface area contributed by atoms with Gasteiger partial charge in [-0.3, -0.25) is 9.69 Å². The normalized spacial score (nSPS) is 27.5. The summed E-state index contributed by atoms with van der Waals surface area (Å²) in [5, 5.41) is 2.75. The molecule has 0 aliphatic carbocycles. The van der Waals surface area contributed by atoms with Gasteiger partial charge < -0.3 is 10.2 Å². The van der Waals surface area contributed by atoms with Crippen LogP contribution in [-0.2, 0) is 14.8 Å². The van der Waals surface area contributed by atoms with Crippen LogP contribution in [0.25, 0.3) is 0 Å². The Balaban J connectivity index is 1.98. The van der Waals surface area contributed by atoms with E-state index in [0.29, 0.717) is 19.1 Å². The molecule has 2 fully saturated rings. The third-order valence-corrected chi connectivity index (χ3v) is 6.09. The molecule has 1 N–H and O–H groups in total. The van der Waals surface area contributed by atoms with E-state index < -0.39 is 10.0 Å². The van der Waals surface area contributed by atoms with Gasteiger partial charge in [0, 0.05) is 52.4 Å². The highest BCUT2D eigenvalue weighted by Crippen LogP contribution is 2.21. The number of likely N-dealkylation sites (N-methyl/N-ethyl adjacent to an activating group) is 1. The first-order valence-corrected chi connectivity index (χ1v) is 9.75. The molecule has 1 atom stereocenters. The van der Waals surface area contributed by atoms with Crippen molar-refractivity contribution < 1.29 is 13.2 Å². The molecule has 7 nitrogen and oxygen atoms in total. The van der Waals surface area contributed by atoms with E-state index >= 15 is 0 Å². The zero-order chi connectivity index (χ0) is 16.3. The van der Waals surface area contributed by atoms with Crippen molar-refractivity contribution in [2.45, 2.75) is 18.9 Å². The Hall–Kier alpha value is -0.700. The lowest BCUT2D eigenvalue weighted by atomic mass is 10.0. The molecule has 0 radical (unpaired) electrons. The van der Waals surface area contributed by atoms with Crippen LogP contribution in [-0.4, -0.2) is 94.1 Å². The third-order valence-electron chi connectivity index (χ3n) is 4.78. The summed E-state index contributed by atoms with van der Waals surface area (Å²) in [5.41, 5.74) is 0. The van der Waals surface area contributed by atoms with Gasteiger partial charge in [0.1, 0.15) is 0 Å². The van der Waals surface area contributed by atoms with Crippen LogP contribution in [0.5, 0.6) is 0 Å². The van der Waals surface area contributed by atoms with Crippen molar-refractivity contribution in [3.63, 3.8) is 0 Å². The highest BCUT2D eigenvalue weighted by molar-refractivity contribution is 7.88. The fourth-order valence-corrected chi connectivity index (χ4v) is 4.31. The molecule has 0 unspecified atom stereocenters. The van der Waals surface area contributed by atoms with Crippen LogP contribution in [0.1, 0.15) is 12.8 Å². The van der Waals surface area contributed by atoms with Gasteiger partial charge in [-0.2, -0.15) is 0 Å². The molecule has 2 aliphatic heterocycles. The molecular formula is C14H28N4O3S. The van der Waals surface area contributed by atoms with Crippen LogP contribution >= 0.6 is 0 Å². The number of hydrogen-bond donors (Lipinski definition) is 1. The number of sulfonamides is 1. The van der Waals surface area contributed by atoms with Crippen molar-refractivity contribution in [2.24, 2.45) is 5.92 Å². The topological polar surface area (TPSA) is 73.0 Å². The Bertz CT molecular complexity index is 488. The van der Waals surface area contributed by atoms with Crippen LogP contribution in [0.2, 0.25) is 0 Å². The molecule has 2 rings (SSSR count). The van der Waals surface area contributed by atoms with Crippen LogP contribution < -0.4 is 5.32 Å². The summed E-state index contributed by atoms with van der Waals surface area (Å²) < 4.78 is 24.8. The summed E-state index contributed by atoms with van der Waals surface area (Å²) in [5.74, 6) is 0.0674. The van der Waals surface area contributed by atoms with Crippen molar-refractivity contribution in [3.8, 4) is 0 Å². The monoisotopic (exact) mass is 332 g/mol. The van der Waals surface area contributed by atoms with Gasteiger partial charge in [0.2, 0.25) is 15.9 Å². The number of carbonyl (C=O) groups is 1. The van der Waals surface area contributed by atoms with E-state index in [9.17, 15) is 13.2 Å². The molecule has 8 heteroatoms. The van der Waals surface area contributed by atoms with Crippen molar-refractivity contribution in [3.05, 3.63) is 0 Å². The smallest absolute Gasteiger partial charge is 0.225 e. The fourth-order valence-electron chi connectivity index (χ4n) is 3.44. The molecule has 2 aliphatic rings. The van der Waals surface area contributed by atoms with Crippen molar-refractivity contribution >= 4 is 15.9 Å². The quantitative estimate of drug-likeness (QED) is 0.719. The average Bonchev–Trinajstić information content (AvgIpc) is 2.68. The minimum Gasteiger partial charge on any atom is -0.359 e. The number of piperidine rings is 1. The summed E-state index contributed by atoms with van der Waals surface area (Å²) in [6.45, 7) is 4.58. The van der Waals surface area contributed by atoms with Gasteiger partial charge in [-0.05, 0) is 19.9 Å². The molecule has 0 aromatic heterocycles. The largest absolute Gasteiger partial charge is 0.359 e. The van der Waals surface area contributed by atoms with E-state index in [-0.39, 0.29) is 11.8 Å². The number of carbonyl (C=O) groups excluding carboxylic acids is 1. The molecule has 22 heavy (non-hydrogen) atoms. The first kappa shape index (κ1) is 17.7. The van der Waals surface area contributed by atoms with E-state index in [1.54, 1.807) is 11.4 Å². The maximum Gasteiger partial charge on any atom is 0.225 e. The Morgan fingerprint density at radius 1 is 1.09 bits per heavy atom. The van der Waals surface area contributed by atoms with Gasteiger partial charge in [-0.1, -0.05) is 0 Å². The standard InChI is InChI=1S/C14H28N4O3S/c1-15-14(19)12-10-16(2)8-9-17(11-12)13-4-6-18(7-5-13)22(3,20)21/h12-13H,4-11H2,1-3H3,(H,15,19)/t12-/m1/s1. The van der Waals surface area contributed by atoms with Crippen LogP contribution in [0.3, 0.4) is 0 Å². The van der Waals surface area contributed by atoms with Gasteiger partial charge in [-0.15, -0.1) is 0 Å². The predicted octanol–water partition coefficient (Wildman–Crippen LogP) is -0.980. The van der Waals surface area contributed by atoms with Crippen molar-refractivity contribution in [1.29, 1.82) is 0 Å². The molecule has 2 saturated heterocycles. The Kier molecular flexibility index (Phi) is 5.81. The summed E-state index contributed by atoms with van der Waals surface area (Å²) in [7, 11) is 0.648. The SMILES string of the molecule is CNC(=O)[C@@H]1CN(C)CCN(C2CCN(S(C)(=O)=O)CC2)C1. The van der Waals surface area contributed by atoms with E-state index in [4.69, 9.17) is 0 Å². The number of nitrogens with zero attached hydrogens (tertiary/aromatic N) is 3. The van der Waals surface area contributed by atoms with Crippen molar-refractivity contribution in [2.75, 3.05) is 59.6 Å². The lowest BCUT2D eigenvalue weighted by molar-refractivity contribution is -0.125. The zero-order valence-electron chi connectivity index (χ0n) is 13.8. The molecule has 2 heterocycles. The third kappa shape index (κ3) is 4.41. The van der Waals surface area contributed by atoms with E-state index in [0.717, 1.165) is 39.0 Å². The number of hydrogen-bond acceptors (Lipinski definition) is 5. The fraction of sp³-hybridized carbons (Fsp3) is 0.929. The maximum atomic E-state index is 12.0. The van der Waals surface area contributed by atoms with Crippen molar-refractivity contribution in [1.82, 2.24) is 19.4 Å². The van der Waals surface area contributed by atoms with Crippen LogP contribution in [0, 0.1) is 5.92 Å². The van der Waals surface area contributed by atoms with Gasteiger partial charge in [-0.25, -0.2) is 12.7 Å². The average molecular weight is 332 g/mol. The number of rotatable bonds is 3. The number of amides is 1. The second-order valence-corrected chi connectivity index (χ2v) is 8.44. The summed E-state index contributed by atoms with van der Waals surface area (Å²) in [6, 6.07) is 0.372. The molecule has 0 spiro atoms. The van der Waals surface area contributed by atoms with E-state index in [1.165, 1.54) is 6.26 Å². The minimum absolute atomic E-state index is 0.0227. The van der Waals surface area contributed by atoms with Gasteiger partial charge >= 0.3 is 0 Å². The molecule has 0 aromatic carbocycles. The zero-order valence-corrected chi connectivity index (χ0v) is 14.6. The first-order chi connectivity index (χ1) is 10.3. The highest BCUT2D eigenvalue weighted by atomic mass is 32.2. The Labute approximate surface area is 133 Å². The lowest BCUT2D eigenvalue weighted by Gasteiger charge is -2.37. The summed E-state index contributed by atoms with van der Waals surface area (Å²) >= 11 is 0. The minimum atomic E-state index is -3.08. The lowest BCUT2D eigenvalue weighted by Crippen LogP contribution is -2.49. The van der Waals surface area contributed by atoms with Gasteiger partial charge in [0.15, 0.2) is 0 Å². The molecule has 0 aromatic rings. The first-order valence-electron chi connectivity index (χ1n) is 7.90. The predicted molar refractivity (Wildman–Crippen MR) is 86.1 cm³/mol.